The average molecular weight is 166 g/mol. The van der Waals surface area contributed by atoms with Gasteiger partial charge in [-0.2, -0.15) is 5.26 Å². The molecule has 0 bridgehead atoms. The Balaban J connectivity index is 2.02. The average Bonchev–Trinajstić information content (AvgIpc) is 2.59. The number of nitrogens with one attached hydrogen (secondary N) is 1. The molecule has 2 heteroatoms. The van der Waals surface area contributed by atoms with Crippen LogP contribution in [0.5, 0.6) is 0 Å². The Morgan fingerprint density at radius 3 is 2.67 bits per heavy atom. The summed E-state index contributed by atoms with van der Waals surface area (Å²) in [7, 11) is 0. The minimum atomic E-state index is 0.145. The van der Waals surface area contributed by atoms with E-state index in [0.29, 0.717) is 5.41 Å². The van der Waals surface area contributed by atoms with Gasteiger partial charge in [0.15, 0.2) is 0 Å². The third kappa shape index (κ3) is 2.49. The number of hydrogen-bond acceptors (Lipinski definition) is 2. The molecule has 0 aromatic carbocycles. The van der Waals surface area contributed by atoms with Gasteiger partial charge in [0.05, 0.1) is 12.0 Å². The molecule has 1 fully saturated rings. The van der Waals surface area contributed by atoms with Crippen molar-refractivity contribution in [2.75, 3.05) is 13.1 Å². The molecule has 12 heavy (non-hydrogen) atoms. The molecule has 2 atom stereocenters. The van der Waals surface area contributed by atoms with Gasteiger partial charge in [0.1, 0.15) is 0 Å². The Morgan fingerprint density at radius 2 is 2.25 bits per heavy atom. The van der Waals surface area contributed by atoms with Gasteiger partial charge in [-0.15, -0.1) is 0 Å². The second-order valence-corrected chi connectivity index (χ2v) is 4.58. The van der Waals surface area contributed by atoms with E-state index in [-0.39, 0.29) is 5.92 Å². The maximum absolute atomic E-state index is 8.53. The first-order valence-electron chi connectivity index (χ1n) is 4.66. The van der Waals surface area contributed by atoms with Gasteiger partial charge in [-0.25, -0.2) is 0 Å². The lowest BCUT2D eigenvalue weighted by atomic mass is 10.1. The molecule has 1 N–H and O–H groups in total. The van der Waals surface area contributed by atoms with E-state index in [4.69, 9.17) is 5.26 Å². The summed E-state index contributed by atoms with van der Waals surface area (Å²) in [5.41, 5.74) is 0.558. The molecule has 1 saturated carbocycles. The van der Waals surface area contributed by atoms with Crippen molar-refractivity contribution >= 4 is 0 Å². The van der Waals surface area contributed by atoms with Crippen LogP contribution in [0.3, 0.4) is 0 Å². The van der Waals surface area contributed by atoms with Crippen molar-refractivity contribution in [3.63, 3.8) is 0 Å². The largest absolute Gasteiger partial charge is 0.315 e. The maximum atomic E-state index is 8.53. The van der Waals surface area contributed by atoms with Crippen LogP contribution in [-0.2, 0) is 0 Å². The summed E-state index contributed by atoms with van der Waals surface area (Å²) in [5.74, 6) is 0.982. The third-order valence-electron chi connectivity index (χ3n) is 2.78. The maximum Gasteiger partial charge on any atom is 0.0666 e. The Hall–Kier alpha value is -0.550. The monoisotopic (exact) mass is 166 g/mol. The zero-order valence-electron chi connectivity index (χ0n) is 8.22. The predicted molar refractivity (Wildman–Crippen MR) is 49.5 cm³/mol. The summed E-state index contributed by atoms with van der Waals surface area (Å²) in [6.07, 6.45) is 1.33. The van der Waals surface area contributed by atoms with E-state index in [1.165, 1.54) is 6.42 Å². The molecule has 68 valence electrons. The molecule has 0 aromatic rings. The molecular weight excluding hydrogens is 148 g/mol. The molecule has 0 amide bonds. The standard InChI is InChI=1S/C10H18N2/c1-8(5-11)6-12-7-9-4-10(9,2)3/h8-9,12H,4,6-7H2,1-3H3. The summed E-state index contributed by atoms with van der Waals surface area (Å²) in [6, 6.07) is 2.22. The summed E-state index contributed by atoms with van der Waals surface area (Å²) in [6.45, 7) is 8.47. The Morgan fingerprint density at radius 1 is 1.67 bits per heavy atom. The van der Waals surface area contributed by atoms with Crippen molar-refractivity contribution in [3.05, 3.63) is 0 Å². The van der Waals surface area contributed by atoms with Crippen LogP contribution in [0.2, 0.25) is 0 Å². The minimum absolute atomic E-state index is 0.145. The molecule has 2 nitrogen and oxygen atoms in total. The highest BCUT2D eigenvalue weighted by Crippen LogP contribution is 2.50. The number of nitriles is 1. The van der Waals surface area contributed by atoms with Crippen molar-refractivity contribution in [2.24, 2.45) is 17.3 Å². The number of hydrogen-bond donors (Lipinski definition) is 1. The molecule has 0 radical (unpaired) electrons. The Bertz CT molecular complexity index is 191. The summed E-state index contributed by atoms with van der Waals surface area (Å²) in [5, 5.41) is 11.9. The zero-order valence-corrected chi connectivity index (χ0v) is 8.22. The zero-order chi connectivity index (χ0) is 9.19. The van der Waals surface area contributed by atoms with Gasteiger partial charge in [-0.1, -0.05) is 13.8 Å². The first kappa shape index (κ1) is 9.54. The molecule has 0 spiro atoms. The second-order valence-electron chi connectivity index (χ2n) is 4.58. The third-order valence-corrected chi connectivity index (χ3v) is 2.78. The van der Waals surface area contributed by atoms with Gasteiger partial charge in [-0.3, -0.25) is 0 Å². The van der Waals surface area contributed by atoms with Crippen molar-refractivity contribution in [3.8, 4) is 6.07 Å². The molecule has 0 heterocycles. The molecule has 0 aromatic heterocycles. The van der Waals surface area contributed by atoms with Crippen molar-refractivity contribution in [2.45, 2.75) is 27.2 Å². The highest BCUT2D eigenvalue weighted by atomic mass is 14.9. The van der Waals surface area contributed by atoms with Crippen LogP contribution in [0, 0.1) is 28.6 Å². The quantitative estimate of drug-likeness (QED) is 0.691. The number of rotatable bonds is 4. The molecule has 0 aliphatic heterocycles. The Kier molecular flexibility index (Phi) is 2.74. The topological polar surface area (TPSA) is 35.8 Å². The second kappa shape index (κ2) is 3.45. The van der Waals surface area contributed by atoms with Crippen LogP contribution in [0.25, 0.3) is 0 Å². The van der Waals surface area contributed by atoms with Crippen LogP contribution in [0.1, 0.15) is 27.2 Å². The lowest BCUT2D eigenvalue weighted by molar-refractivity contribution is 0.503. The fourth-order valence-corrected chi connectivity index (χ4v) is 1.44. The Labute approximate surface area is 75.0 Å². The van der Waals surface area contributed by atoms with E-state index in [2.05, 4.69) is 25.2 Å². The van der Waals surface area contributed by atoms with E-state index in [1.807, 2.05) is 6.92 Å². The van der Waals surface area contributed by atoms with E-state index in [9.17, 15) is 0 Å². The summed E-state index contributed by atoms with van der Waals surface area (Å²) >= 11 is 0. The minimum Gasteiger partial charge on any atom is -0.315 e. The van der Waals surface area contributed by atoms with Crippen molar-refractivity contribution in [1.82, 2.24) is 5.32 Å². The van der Waals surface area contributed by atoms with Gasteiger partial charge in [0, 0.05) is 6.54 Å². The van der Waals surface area contributed by atoms with E-state index >= 15 is 0 Å². The van der Waals surface area contributed by atoms with Gasteiger partial charge in [0.2, 0.25) is 0 Å². The van der Waals surface area contributed by atoms with Crippen LogP contribution < -0.4 is 5.32 Å². The van der Waals surface area contributed by atoms with Gasteiger partial charge >= 0.3 is 0 Å². The highest BCUT2D eigenvalue weighted by Gasteiger charge is 2.44. The van der Waals surface area contributed by atoms with Gasteiger partial charge in [-0.05, 0) is 31.2 Å². The molecular formula is C10H18N2. The lowest BCUT2D eigenvalue weighted by Crippen LogP contribution is -2.23. The summed E-state index contributed by atoms with van der Waals surface area (Å²) < 4.78 is 0. The van der Waals surface area contributed by atoms with Crippen LogP contribution in [0.15, 0.2) is 0 Å². The predicted octanol–water partition coefficient (Wildman–Crippen LogP) is 1.78. The fraction of sp³-hybridized carbons (Fsp3) is 0.900. The van der Waals surface area contributed by atoms with Crippen LogP contribution >= 0.6 is 0 Å². The van der Waals surface area contributed by atoms with E-state index in [1.54, 1.807) is 0 Å². The normalized spacial score (nSPS) is 27.7. The van der Waals surface area contributed by atoms with E-state index in [0.717, 1.165) is 19.0 Å². The number of nitrogens with zero attached hydrogens (tertiary/aromatic N) is 1. The SMILES string of the molecule is CC(C#N)CNCC1CC1(C)C. The molecule has 0 saturated heterocycles. The van der Waals surface area contributed by atoms with Crippen LogP contribution in [0.4, 0.5) is 0 Å². The van der Waals surface area contributed by atoms with Gasteiger partial charge < -0.3 is 5.32 Å². The first-order chi connectivity index (χ1) is 5.56. The van der Waals surface area contributed by atoms with Crippen molar-refractivity contribution in [1.29, 1.82) is 5.26 Å². The molecule has 1 aliphatic rings. The van der Waals surface area contributed by atoms with Gasteiger partial charge in [0.25, 0.3) is 0 Å². The van der Waals surface area contributed by atoms with Crippen LogP contribution in [-0.4, -0.2) is 13.1 Å². The fourth-order valence-electron chi connectivity index (χ4n) is 1.44. The molecule has 2 unspecified atom stereocenters. The highest BCUT2D eigenvalue weighted by molar-refractivity contribution is 4.96. The molecule has 1 aliphatic carbocycles. The van der Waals surface area contributed by atoms with Crippen molar-refractivity contribution < 1.29 is 0 Å². The lowest BCUT2D eigenvalue weighted by Gasteiger charge is -2.06. The van der Waals surface area contributed by atoms with E-state index < -0.39 is 0 Å². The summed E-state index contributed by atoms with van der Waals surface area (Å²) in [4.78, 5) is 0. The smallest absolute Gasteiger partial charge is 0.0666 e. The first-order valence-corrected chi connectivity index (χ1v) is 4.66. The molecule has 1 rings (SSSR count).